The SMILES string of the molecule is COc1ccc(C2C(C(=O)c3ccco3)=C(O)C(=O)N2CC2CCCO2)cc1O. The van der Waals surface area contributed by atoms with Gasteiger partial charge in [-0.05, 0) is 42.7 Å². The Labute approximate surface area is 166 Å². The Morgan fingerprint density at radius 3 is 2.76 bits per heavy atom. The maximum atomic E-state index is 13.0. The van der Waals surface area contributed by atoms with Gasteiger partial charge in [0.15, 0.2) is 23.0 Å². The highest BCUT2D eigenvalue weighted by atomic mass is 16.5. The summed E-state index contributed by atoms with van der Waals surface area (Å²) in [4.78, 5) is 27.3. The summed E-state index contributed by atoms with van der Waals surface area (Å²) in [7, 11) is 1.43. The van der Waals surface area contributed by atoms with Gasteiger partial charge >= 0.3 is 0 Å². The quantitative estimate of drug-likeness (QED) is 0.719. The van der Waals surface area contributed by atoms with Gasteiger partial charge in [-0.15, -0.1) is 0 Å². The molecule has 1 saturated heterocycles. The summed E-state index contributed by atoms with van der Waals surface area (Å²) in [5.41, 5.74) is 0.376. The standard InChI is InChI=1S/C21H21NO7/c1-27-15-7-6-12(10-14(15)23)18-17(19(24)16-5-3-9-29-16)20(25)21(26)22(18)11-13-4-2-8-28-13/h3,5-7,9-10,13,18,23,25H,2,4,8,11H2,1H3. The molecule has 3 heterocycles. The van der Waals surface area contributed by atoms with Crippen LogP contribution in [0.15, 0.2) is 52.3 Å². The second-order valence-corrected chi connectivity index (χ2v) is 7.00. The molecule has 1 amide bonds. The van der Waals surface area contributed by atoms with Crippen molar-refractivity contribution in [2.45, 2.75) is 25.0 Å². The van der Waals surface area contributed by atoms with Crippen LogP contribution < -0.4 is 4.74 Å². The minimum Gasteiger partial charge on any atom is -0.504 e. The Hall–Kier alpha value is -3.26. The highest BCUT2D eigenvalue weighted by Gasteiger charge is 2.45. The smallest absolute Gasteiger partial charge is 0.290 e. The first-order valence-corrected chi connectivity index (χ1v) is 9.32. The van der Waals surface area contributed by atoms with Gasteiger partial charge < -0.3 is 29.0 Å². The Morgan fingerprint density at radius 1 is 1.31 bits per heavy atom. The third-order valence-electron chi connectivity index (χ3n) is 5.24. The maximum absolute atomic E-state index is 13.0. The molecule has 29 heavy (non-hydrogen) atoms. The Kier molecular flexibility index (Phi) is 5.02. The molecule has 2 aliphatic rings. The number of amides is 1. The van der Waals surface area contributed by atoms with Crippen LogP contribution in [-0.4, -0.2) is 53.2 Å². The molecule has 0 spiro atoms. The lowest BCUT2D eigenvalue weighted by atomic mass is 9.94. The number of phenolic OH excluding ortho intramolecular Hbond substituents is 1. The number of nitrogens with zero attached hydrogens (tertiary/aromatic N) is 1. The predicted molar refractivity (Wildman–Crippen MR) is 101 cm³/mol. The average Bonchev–Trinajstić information content (AvgIpc) is 3.46. The van der Waals surface area contributed by atoms with Crippen molar-refractivity contribution in [3.05, 3.63) is 59.3 Å². The number of aliphatic hydroxyl groups excluding tert-OH is 1. The van der Waals surface area contributed by atoms with Crippen molar-refractivity contribution in [1.29, 1.82) is 0 Å². The Bertz CT molecular complexity index is 957. The van der Waals surface area contributed by atoms with Gasteiger partial charge in [0.1, 0.15) is 0 Å². The van der Waals surface area contributed by atoms with E-state index in [1.807, 2.05) is 0 Å². The highest BCUT2D eigenvalue weighted by molar-refractivity contribution is 6.15. The van der Waals surface area contributed by atoms with Crippen molar-refractivity contribution in [2.75, 3.05) is 20.3 Å². The number of aromatic hydroxyl groups is 1. The van der Waals surface area contributed by atoms with E-state index in [1.54, 1.807) is 18.2 Å². The molecule has 2 aliphatic heterocycles. The number of Topliss-reactive ketones (excluding diaryl/α,β-unsaturated/α-hetero) is 1. The molecular formula is C21H21NO7. The fraction of sp³-hybridized carbons (Fsp3) is 0.333. The van der Waals surface area contributed by atoms with Gasteiger partial charge in [-0.2, -0.15) is 0 Å². The number of ketones is 1. The van der Waals surface area contributed by atoms with E-state index in [1.165, 1.54) is 30.4 Å². The number of hydrogen-bond acceptors (Lipinski definition) is 7. The van der Waals surface area contributed by atoms with E-state index in [4.69, 9.17) is 13.9 Å². The first kappa shape index (κ1) is 19.1. The van der Waals surface area contributed by atoms with Gasteiger partial charge in [-0.1, -0.05) is 6.07 Å². The van der Waals surface area contributed by atoms with Gasteiger partial charge in [0, 0.05) is 13.2 Å². The summed E-state index contributed by atoms with van der Waals surface area (Å²) in [6.45, 7) is 0.827. The minimum atomic E-state index is -0.888. The van der Waals surface area contributed by atoms with Crippen LogP contribution in [0.2, 0.25) is 0 Å². The Morgan fingerprint density at radius 2 is 2.14 bits per heavy atom. The largest absolute Gasteiger partial charge is 0.504 e. The molecule has 2 N–H and O–H groups in total. The lowest BCUT2D eigenvalue weighted by Gasteiger charge is -2.29. The number of rotatable bonds is 6. The summed E-state index contributed by atoms with van der Waals surface area (Å²) in [5, 5.41) is 20.8. The number of hydrogen-bond donors (Lipinski definition) is 2. The third kappa shape index (κ3) is 3.36. The summed E-state index contributed by atoms with van der Waals surface area (Å²) in [6, 6.07) is 6.75. The zero-order valence-corrected chi connectivity index (χ0v) is 15.8. The van der Waals surface area contributed by atoms with Gasteiger partial charge in [-0.25, -0.2) is 0 Å². The molecule has 1 aromatic heterocycles. The molecule has 2 aromatic rings. The van der Waals surface area contributed by atoms with E-state index >= 15 is 0 Å². The lowest BCUT2D eigenvalue weighted by molar-refractivity contribution is -0.131. The van der Waals surface area contributed by atoms with Crippen molar-refractivity contribution in [1.82, 2.24) is 4.90 Å². The summed E-state index contributed by atoms with van der Waals surface area (Å²) >= 11 is 0. The molecule has 0 bridgehead atoms. The summed E-state index contributed by atoms with van der Waals surface area (Å²) < 4.78 is 15.9. The van der Waals surface area contributed by atoms with E-state index in [2.05, 4.69) is 0 Å². The van der Waals surface area contributed by atoms with Crippen LogP contribution in [0.3, 0.4) is 0 Å². The number of carbonyl (C=O) groups excluding carboxylic acids is 2. The number of carbonyl (C=O) groups is 2. The van der Waals surface area contributed by atoms with Crippen molar-refractivity contribution in [2.24, 2.45) is 0 Å². The first-order valence-electron chi connectivity index (χ1n) is 9.32. The second kappa shape index (κ2) is 7.63. The monoisotopic (exact) mass is 399 g/mol. The number of ether oxygens (including phenoxy) is 2. The lowest BCUT2D eigenvalue weighted by Crippen LogP contribution is -2.37. The molecule has 1 fully saturated rings. The topological polar surface area (TPSA) is 109 Å². The van der Waals surface area contributed by atoms with Gasteiger partial charge in [0.25, 0.3) is 5.91 Å². The van der Waals surface area contributed by atoms with Gasteiger partial charge in [-0.3, -0.25) is 9.59 Å². The van der Waals surface area contributed by atoms with Crippen molar-refractivity contribution < 1.29 is 33.7 Å². The molecule has 2 unspecified atom stereocenters. The zero-order valence-electron chi connectivity index (χ0n) is 15.8. The van der Waals surface area contributed by atoms with Crippen molar-refractivity contribution in [3.8, 4) is 11.5 Å². The maximum Gasteiger partial charge on any atom is 0.290 e. The molecule has 152 valence electrons. The summed E-state index contributed by atoms with van der Waals surface area (Å²) in [6.07, 6.45) is 2.84. The predicted octanol–water partition coefficient (Wildman–Crippen LogP) is 2.75. The zero-order chi connectivity index (χ0) is 20.5. The van der Waals surface area contributed by atoms with E-state index in [9.17, 15) is 19.8 Å². The van der Waals surface area contributed by atoms with Crippen molar-refractivity contribution in [3.63, 3.8) is 0 Å². The van der Waals surface area contributed by atoms with Crippen LogP contribution in [0.1, 0.15) is 35.0 Å². The minimum absolute atomic E-state index is 0.0149. The molecule has 1 aromatic carbocycles. The average molecular weight is 399 g/mol. The molecule has 0 aliphatic carbocycles. The highest BCUT2D eigenvalue weighted by Crippen LogP contribution is 2.42. The molecule has 4 rings (SSSR count). The molecular weight excluding hydrogens is 378 g/mol. The normalized spacial score (nSPS) is 21.8. The fourth-order valence-corrected chi connectivity index (χ4v) is 3.85. The van der Waals surface area contributed by atoms with Crippen LogP contribution in [0.4, 0.5) is 0 Å². The second-order valence-electron chi connectivity index (χ2n) is 7.00. The Balaban J connectivity index is 1.77. The summed E-state index contributed by atoms with van der Waals surface area (Å²) in [5.74, 6) is -1.72. The van der Waals surface area contributed by atoms with E-state index in [-0.39, 0.29) is 35.5 Å². The fourth-order valence-electron chi connectivity index (χ4n) is 3.85. The number of methoxy groups -OCH3 is 1. The van der Waals surface area contributed by atoms with E-state index < -0.39 is 23.5 Å². The molecule has 0 radical (unpaired) electrons. The van der Waals surface area contributed by atoms with Crippen molar-refractivity contribution >= 4 is 11.7 Å². The molecule has 8 nitrogen and oxygen atoms in total. The van der Waals surface area contributed by atoms with Crippen LogP contribution in [0.25, 0.3) is 0 Å². The molecule has 8 heteroatoms. The first-order chi connectivity index (χ1) is 14.0. The number of furan rings is 1. The van der Waals surface area contributed by atoms with Crippen LogP contribution in [0.5, 0.6) is 11.5 Å². The van der Waals surface area contributed by atoms with Crippen LogP contribution in [-0.2, 0) is 9.53 Å². The molecule has 0 saturated carbocycles. The van der Waals surface area contributed by atoms with E-state index in [0.717, 1.165) is 12.8 Å². The van der Waals surface area contributed by atoms with Gasteiger partial charge in [0.2, 0.25) is 5.78 Å². The molecule has 2 atom stereocenters. The van der Waals surface area contributed by atoms with Crippen LogP contribution in [0, 0.1) is 0 Å². The van der Waals surface area contributed by atoms with Gasteiger partial charge in [0.05, 0.1) is 31.1 Å². The van der Waals surface area contributed by atoms with Crippen LogP contribution >= 0.6 is 0 Å². The number of phenols is 1. The number of aliphatic hydroxyl groups is 1. The third-order valence-corrected chi connectivity index (χ3v) is 5.24. The van der Waals surface area contributed by atoms with E-state index in [0.29, 0.717) is 12.2 Å². The number of benzene rings is 1.